The summed E-state index contributed by atoms with van der Waals surface area (Å²) < 4.78 is 12.1. The van der Waals surface area contributed by atoms with Crippen molar-refractivity contribution >= 4 is 6.21 Å². The van der Waals surface area contributed by atoms with E-state index < -0.39 is 6.67 Å². The standard InChI is InChI=1S/C10H11FNO.CH4.Y/c1-13-12-7-6-9-2-4-10(8-11)5-3-9;;/h2-5H,6,8H2,1H3;1H4;/q-1;;/i11-1;;. The van der Waals surface area contributed by atoms with Gasteiger partial charge in [0.15, 0.2) is 0 Å². The van der Waals surface area contributed by atoms with Crippen molar-refractivity contribution in [3.63, 3.8) is 0 Å². The van der Waals surface area contributed by atoms with Crippen molar-refractivity contribution in [2.45, 2.75) is 20.5 Å². The van der Waals surface area contributed by atoms with Gasteiger partial charge in [0.1, 0.15) is 13.8 Å². The molecule has 81 valence electrons. The van der Waals surface area contributed by atoms with Crippen molar-refractivity contribution in [1.82, 2.24) is 0 Å². The van der Waals surface area contributed by atoms with Crippen LogP contribution < -0.4 is 0 Å². The van der Waals surface area contributed by atoms with Gasteiger partial charge in [-0.25, -0.2) is 4.39 Å². The number of rotatable bonds is 4. The van der Waals surface area contributed by atoms with Crippen LogP contribution in [0.3, 0.4) is 0 Å². The number of alkyl halides is 1. The first kappa shape index (κ1) is 17.1. The number of benzene rings is 1. The van der Waals surface area contributed by atoms with Crippen LogP contribution in [0.2, 0.25) is 0 Å². The van der Waals surface area contributed by atoms with Crippen LogP contribution in [-0.2, 0) is 50.6 Å². The van der Waals surface area contributed by atoms with E-state index in [9.17, 15) is 4.39 Å². The molecule has 0 heterocycles. The second-order valence-electron chi connectivity index (χ2n) is 2.56. The Balaban J connectivity index is 0. The molecular weight excluding hydrogens is 269 g/mol. The van der Waals surface area contributed by atoms with Gasteiger partial charge in [-0.05, 0) is 5.56 Å². The number of hydrogen-bond donors (Lipinski definition) is 0. The van der Waals surface area contributed by atoms with Crippen molar-refractivity contribution < 1.29 is 41.9 Å². The number of halogens is 1. The van der Waals surface area contributed by atoms with E-state index in [0.29, 0.717) is 12.0 Å². The predicted molar refractivity (Wildman–Crippen MR) is 56.1 cm³/mol. The minimum absolute atomic E-state index is 0. The molecule has 2 nitrogen and oxygen atoms in total. The second-order valence-corrected chi connectivity index (χ2v) is 2.56. The molecule has 1 aromatic rings. The average Bonchev–Trinajstić information content (AvgIpc) is 2.19. The Morgan fingerprint density at radius 3 is 2.27 bits per heavy atom. The molecule has 0 amide bonds. The molecule has 0 unspecified atom stereocenters. The first-order chi connectivity index (χ1) is 6.36. The molecule has 0 aliphatic carbocycles. The summed E-state index contributed by atoms with van der Waals surface area (Å²) in [5, 5.41) is 3.49. The molecule has 0 fully saturated rings. The van der Waals surface area contributed by atoms with E-state index in [1.54, 1.807) is 12.1 Å². The first-order valence-corrected chi connectivity index (χ1v) is 3.96. The Hall–Kier alpha value is -0.276. The van der Waals surface area contributed by atoms with Gasteiger partial charge in [-0.2, -0.15) is 0 Å². The molecule has 1 radical (unpaired) electrons. The molecule has 0 aromatic heterocycles. The van der Waals surface area contributed by atoms with E-state index in [-0.39, 0.29) is 40.1 Å². The SMILES string of the molecule is C.CON=[C-]Cc1ccc(C[18F])cc1.[Y]. The van der Waals surface area contributed by atoms with Crippen LogP contribution in [0.4, 0.5) is 4.39 Å². The third kappa shape index (κ3) is 6.74. The van der Waals surface area contributed by atoms with Gasteiger partial charge in [0.05, 0.1) is 0 Å². The number of nitrogens with zero attached hydrogens (tertiary/aromatic N) is 1. The average molecular weight is 284 g/mol. The number of hydrogen-bond acceptors (Lipinski definition) is 2. The van der Waals surface area contributed by atoms with Crippen LogP contribution >= 0.6 is 0 Å². The third-order valence-corrected chi connectivity index (χ3v) is 1.62. The van der Waals surface area contributed by atoms with Gasteiger partial charge in [0.2, 0.25) is 0 Å². The Morgan fingerprint density at radius 1 is 1.27 bits per heavy atom. The van der Waals surface area contributed by atoms with Crippen LogP contribution in [0.1, 0.15) is 18.6 Å². The predicted octanol–water partition coefficient (Wildman–Crippen LogP) is 2.84. The van der Waals surface area contributed by atoms with Crippen LogP contribution in [0.5, 0.6) is 0 Å². The maximum absolute atomic E-state index is 12.1. The first-order valence-electron chi connectivity index (χ1n) is 3.96. The molecule has 0 N–H and O–H groups in total. The van der Waals surface area contributed by atoms with E-state index >= 15 is 0 Å². The minimum Gasteiger partial charge on any atom is -0.436 e. The van der Waals surface area contributed by atoms with Crippen molar-refractivity contribution in [2.75, 3.05) is 7.11 Å². The molecule has 0 aliphatic heterocycles. The zero-order valence-corrected chi connectivity index (χ0v) is 10.9. The van der Waals surface area contributed by atoms with E-state index in [1.807, 2.05) is 12.1 Å². The van der Waals surface area contributed by atoms with Gasteiger partial charge in [-0.15, -0.1) is 6.42 Å². The largest absolute Gasteiger partial charge is 0.436 e. The van der Waals surface area contributed by atoms with Gasteiger partial charge in [-0.3, -0.25) is 0 Å². The second kappa shape index (κ2) is 10.2. The van der Waals surface area contributed by atoms with E-state index in [4.69, 9.17) is 0 Å². The molecular formula is C11H15FNOY-. The van der Waals surface area contributed by atoms with Crippen molar-refractivity contribution in [2.24, 2.45) is 5.16 Å². The minimum atomic E-state index is -0.420. The fourth-order valence-corrected chi connectivity index (χ4v) is 0.934. The fourth-order valence-electron chi connectivity index (χ4n) is 0.934. The molecule has 1 rings (SSSR count). The summed E-state index contributed by atoms with van der Waals surface area (Å²) in [6.07, 6.45) is 3.28. The van der Waals surface area contributed by atoms with Crippen molar-refractivity contribution in [3.05, 3.63) is 35.4 Å². The summed E-state index contributed by atoms with van der Waals surface area (Å²) in [4.78, 5) is 4.46. The molecule has 0 bridgehead atoms. The smallest absolute Gasteiger partial charge is 0.115 e. The quantitative estimate of drug-likeness (QED) is 0.473. The summed E-state index contributed by atoms with van der Waals surface area (Å²) in [5.41, 5.74) is 1.73. The maximum atomic E-state index is 12.1. The van der Waals surface area contributed by atoms with E-state index in [0.717, 1.165) is 5.56 Å². The van der Waals surface area contributed by atoms with Gasteiger partial charge < -0.3 is 16.2 Å². The molecule has 4 heteroatoms. The molecule has 0 saturated heterocycles. The third-order valence-electron chi connectivity index (χ3n) is 1.62. The summed E-state index contributed by atoms with van der Waals surface area (Å²) >= 11 is 0. The molecule has 15 heavy (non-hydrogen) atoms. The van der Waals surface area contributed by atoms with Gasteiger partial charge in [-0.1, -0.05) is 37.3 Å². The Labute approximate surface area is 116 Å². The normalized spacial score (nSPS) is 9.20. The summed E-state index contributed by atoms with van der Waals surface area (Å²) in [5.74, 6) is 0. The van der Waals surface area contributed by atoms with Crippen LogP contribution in [0.15, 0.2) is 29.4 Å². The molecule has 1 aromatic carbocycles. The van der Waals surface area contributed by atoms with Gasteiger partial charge in [0.25, 0.3) is 0 Å². The monoisotopic (exact) mass is 284 g/mol. The van der Waals surface area contributed by atoms with Gasteiger partial charge >= 0.3 is 0 Å². The zero-order valence-electron chi connectivity index (χ0n) is 8.03. The molecule has 0 atom stereocenters. The molecule has 0 spiro atoms. The van der Waals surface area contributed by atoms with Crippen molar-refractivity contribution in [1.29, 1.82) is 0 Å². The summed E-state index contributed by atoms with van der Waals surface area (Å²) in [6.45, 7) is -0.420. The topological polar surface area (TPSA) is 21.6 Å². The van der Waals surface area contributed by atoms with E-state index in [2.05, 4.69) is 16.2 Å². The van der Waals surface area contributed by atoms with Crippen LogP contribution in [0, 0.1) is 0 Å². The Morgan fingerprint density at radius 2 is 1.80 bits per heavy atom. The van der Waals surface area contributed by atoms with Crippen molar-refractivity contribution in [3.8, 4) is 0 Å². The Kier molecular flexibility index (Phi) is 11.7. The van der Waals surface area contributed by atoms with E-state index in [1.165, 1.54) is 7.11 Å². The van der Waals surface area contributed by atoms with Crippen LogP contribution in [0.25, 0.3) is 0 Å². The zero-order chi connectivity index (χ0) is 9.52. The Bertz CT molecular complexity index is 274. The van der Waals surface area contributed by atoms with Crippen LogP contribution in [-0.4, -0.2) is 13.3 Å². The summed E-state index contributed by atoms with van der Waals surface area (Å²) in [7, 11) is 1.47. The van der Waals surface area contributed by atoms with Gasteiger partial charge in [0, 0.05) is 32.7 Å². The fraction of sp³-hybridized carbons (Fsp3) is 0.364. The summed E-state index contributed by atoms with van der Waals surface area (Å²) in [6, 6.07) is 7.22. The molecule has 0 saturated carbocycles. The maximum Gasteiger partial charge on any atom is 0.115 e. The molecule has 0 aliphatic rings.